The maximum atomic E-state index is 15.4. The van der Waals surface area contributed by atoms with E-state index >= 15 is 4.79 Å². The van der Waals surface area contributed by atoms with Crippen LogP contribution in [0, 0.1) is 79.3 Å². The van der Waals surface area contributed by atoms with E-state index in [-0.39, 0.29) is 57.0 Å². The number of rotatable bonds is 6. The third kappa shape index (κ3) is 5.19. The Bertz CT molecular complexity index is 1660. The number of hydrogen-bond donors (Lipinski definition) is 1. The number of amides is 2. The highest BCUT2D eigenvalue weighted by Crippen LogP contribution is 2.79. The first-order valence-electron chi connectivity index (χ1n) is 23.3. The number of aliphatic carboxylic acids is 1. The van der Waals surface area contributed by atoms with Crippen molar-refractivity contribution < 1.29 is 29.0 Å². The highest BCUT2D eigenvalue weighted by atomic mass is 16.5. The van der Waals surface area contributed by atoms with Gasteiger partial charge in [-0.05, 0) is 166 Å². The minimum atomic E-state index is -0.813. The smallest absolute Gasteiger partial charge is 0.309 e. The molecule has 8 nitrogen and oxygen atoms in total. The third-order valence-corrected chi connectivity index (χ3v) is 21.1. The molecule has 7 aliphatic carbocycles. The van der Waals surface area contributed by atoms with Gasteiger partial charge in [0.2, 0.25) is 11.8 Å². The molecule has 56 heavy (non-hydrogen) atoms. The Hall–Kier alpha value is -2.12. The van der Waals surface area contributed by atoms with Crippen LogP contribution < -0.4 is 0 Å². The summed E-state index contributed by atoms with van der Waals surface area (Å²) in [4.78, 5) is 59.0. The fourth-order valence-corrected chi connectivity index (χ4v) is 17.2. The van der Waals surface area contributed by atoms with Crippen molar-refractivity contribution in [2.45, 2.75) is 177 Å². The van der Waals surface area contributed by atoms with Crippen molar-refractivity contribution in [1.29, 1.82) is 0 Å². The van der Waals surface area contributed by atoms with E-state index in [4.69, 9.17) is 4.74 Å². The van der Waals surface area contributed by atoms with Crippen LogP contribution in [0.25, 0.3) is 0 Å². The fourth-order valence-electron chi connectivity index (χ4n) is 17.2. The number of nitrogens with zero attached hydrogens (tertiary/aromatic N) is 2. The van der Waals surface area contributed by atoms with E-state index < -0.39 is 17.3 Å². The molecule has 2 heterocycles. The molecular weight excluding hydrogens is 701 g/mol. The second-order valence-corrected chi connectivity index (χ2v) is 23.6. The van der Waals surface area contributed by atoms with Crippen LogP contribution in [0.15, 0.2) is 0 Å². The summed E-state index contributed by atoms with van der Waals surface area (Å²) in [6, 6.07) is -0.261. The number of hydrogen-bond acceptors (Lipinski definition) is 5. The number of fused-ring (bicyclic) bond motifs is 7. The lowest BCUT2D eigenvalue weighted by Gasteiger charge is -2.73. The van der Waals surface area contributed by atoms with Crippen molar-refractivity contribution in [3.05, 3.63) is 0 Å². The maximum absolute atomic E-state index is 15.4. The molecule has 2 aliphatic heterocycles. The van der Waals surface area contributed by atoms with E-state index in [0.29, 0.717) is 47.3 Å². The van der Waals surface area contributed by atoms with E-state index in [0.717, 1.165) is 83.8 Å². The van der Waals surface area contributed by atoms with Gasteiger partial charge in [-0.3, -0.25) is 19.2 Å². The summed E-state index contributed by atoms with van der Waals surface area (Å²) in [5, 5.41) is 9.69. The number of carboxylic acid groups (broad SMARTS) is 1. The van der Waals surface area contributed by atoms with Crippen molar-refractivity contribution >= 4 is 23.8 Å². The SMILES string of the molecule is CC1([C@@H]2CC[C@]3(C(=O)N4CCC[C@H]4C(=O)N4CCCC4)CC[C@]4(C)[C@H](CC[C@@H]5[C@@]6(C)CC[C@H](OC(=O)[C@H]7C[C@@H](C(=O)O)C7(C)C)C(C)(C)[C@@H]6CC[C@]54C)[C@@H]23)CC1. The lowest BCUT2D eigenvalue weighted by molar-refractivity contribution is -0.253. The lowest BCUT2D eigenvalue weighted by atomic mass is 9.32. The molecule has 13 atom stereocenters. The summed E-state index contributed by atoms with van der Waals surface area (Å²) < 4.78 is 6.47. The first-order valence-corrected chi connectivity index (χ1v) is 23.3. The second-order valence-electron chi connectivity index (χ2n) is 23.6. The van der Waals surface area contributed by atoms with Crippen molar-refractivity contribution in [3.8, 4) is 0 Å². The Labute approximate surface area is 337 Å². The average molecular weight is 775 g/mol. The molecule has 0 aromatic carbocycles. The first kappa shape index (κ1) is 39.3. The zero-order chi connectivity index (χ0) is 40.0. The third-order valence-electron chi connectivity index (χ3n) is 21.1. The maximum Gasteiger partial charge on any atom is 0.309 e. The van der Waals surface area contributed by atoms with Gasteiger partial charge in [-0.25, -0.2) is 0 Å². The Morgan fingerprint density at radius 1 is 0.625 bits per heavy atom. The summed E-state index contributed by atoms with van der Waals surface area (Å²) in [7, 11) is 0. The predicted octanol–water partition coefficient (Wildman–Crippen LogP) is 9.14. The Morgan fingerprint density at radius 3 is 2.00 bits per heavy atom. The van der Waals surface area contributed by atoms with Crippen LogP contribution in [-0.2, 0) is 23.9 Å². The van der Waals surface area contributed by atoms with Gasteiger partial charge in [-0.1, -0.05) is 55.4 Å². The van der Waals surface area contributed by atoms with Gasteiger partial charge in [-0.15, -0.1) is 0 Å². The zero-order valence-electron chi connectivity index (χ0n) is 36.2. The molecule has 8 heteroatoms. The van der Waals surface area contributed by atoms with E-state index in [2.05, 4.69) is 51.3 Å². The summed E-state index contributed by atoms with van der Waals surface area (Å²) in [6.07, 6.45) is 17.6. The standard InChI is InChI=1S/C48H74N2O6/c1-42(2)31(39(52)53)28-32(42)40(54)56-36-17-18-45(6)34(43(36,3)4)16-19-47(8)35(45)14-13-30-37-29(44(5)21-22-44)15-20-48(37,24-23-46(30,47)7)41(55)50-27-11-12-33(50)38(51)49-25-9-10-26-49/h29-37H,9-28H2,1-8H3,(H,52,53)/t29-,30-,31+,32-,33+,34+,35-,36+,37-,45+,46-,47-,48+/m1/s1. The molecule has 0 aromatic heterocycles. The van der Waals surface area contributed by atoms with Crippen LogP contribution >= 0.6 is 0 Å². The molecule has 7 saturated carbocycles. The number of carbonyl (C=O) groups excluding carboxylic acids is 3. The zero-order valence-corrected chi connectivity index (χ0v) is 36.2. The number of esters is 1. The monoisotopic (exact) mass is 775 g/mol. The van der Waals surface area contributed by atoms with Gasteiger partial charge in [0.25, 0.3) is 0 Å². The Balaban J connectivity index is 0.977. The van der Waals surface area contributed by atoms with Gasteiger partial charge < -0.3 is 19.6 Å². The van der Waals surface area contributed by atoms with E-state index in [1.165, 1.54) is 38.5 Å². The normalized spacial score (nSPS) is 48.1. The molecule has 0 unspecified atom stereocenters. The molecule has 0 bridgehead atoms. The van der Waals surface area contributed by atoms with Crippen LogP contribution in [0.1, 0.15) is 165 Å². The Kier molecular flexibility index (Phi) is 8.92. The van der Waals surface area contributed by atoms with Crippen molar-refractivity contribution in [1.82, 2.24) is 9.80 Å². The van der Waals surface area contributed by atoms with Gasteiger partial charge in [0.15, 0.2) is 0 Å². The van der Waals surface area contributed by atoms with Gasteiger partial charge in [0.1, 0.15) is 12.1 Å². The molecule has 0 spiro atoms. The molecular formula is C48H74N2O6. The summed E-state index contributed by atoms with van der Waals surface area (Å²) in [5.41, 5.74) is -0.296. The van der Waals surface area contributed by atoms with Gasteiger partial charge in [0.05, 0.1) is 17.3 Å². The molecule has 2 amide bonds. The van der Waals surface area contributed by atoms with Crippen LogP contribution in [0.2, 0.25) is 0 Å². The largest absolute Gasteiger partial charge is 0.481 e. The van der Waals surface area contributed by atoms with Crippen molar-refractivity contribution in [3.63, 3.8) is 0 Å². The molecule has 9 fully saturated rings. The molecule has 9 rings (SSSR count). The first-order chi connectivity index (χ1) is 26.3. The van der Waals surface area contributed by atoms with Gasteiger partial charge in [-0.2, -0.15) is 0 Å². The number of carbonyl (C=O) groups is 4. The van der Waals surface area contributed by atoms with E-state index in [9.17, 15) is 19.5 Å². The van der Waals surface area contributed by atoms with Crippen molar-refractivity contribution in [2.24, 2.45) is 79.3 Å². The highest BCUT2D eigenvalue weighted by molar-refractivity contribution is 5.91. The Morgan fingerprint density at radius 2 is 1.34 bits per heavy atom. The van der Waals surface area contributed by atoms with E-state index in [1.54, 1.807) is 0 Å². The van der Waals surface area contributed by atoms with Crippen LogP contribution in [-0.4, -0.2) is 70.4 Å². The second kappa shape index (κ2) is 12.7. The minimum Gasteiger partial charge on any atom is -0.481 e. The lowest BCUT2D eigenvalue weighted by Crippen LogP contribution is -2.68. The predicted molar refractivity (Wildman–Crippen MR) is 215 cm³/mol. The minimum absolute atomic E-state index is 0.137. The van der Waals surface area contributed by atoms with Crippen molar-refractivity contribution in [2.75, 3.05) is 19.6 Å². The summed E-state index contributed by atoms with van der Waals surface area (Å²) in [6.45, 7) is 21.4. The average Bonchev–Trinajstić information content (AvgIpc) is 3.56. The molecule has 1 N–H and O–H groups in total. The number of ether oxygens (including phenoxy) is 1. The molecule has 312 valence electrons. The van der Waals surface area contributed by atoms with E-state index in [1.807, 2.05) is 13.8 Å². The van der Waals surface area contributed by atoms with Crippen LogP contribution in [0.4, 0.5) is 0 Å². The van der Waals surface area contributed by atoms with Gasteiger partial charge in [0, 0.05) is 25.0 Å². The summed E-state index contributed by atoms with van der Waals surface area (Å²) >= 11 is 0. The highest BCUT2D eigenvalue weighted by Gasteiger charge is 2.74. The fraction of sp³-hybridized carbons (Fsp3) is 0.917. The molecule has 9 aliphatic rings. The quantitative estimate of drug-likeness (QED) is 0.270. The topological polar surface area (TPSA) is 104 Å². The molecule has 0 aromatic rings. The van der Waals surface area contributed by atoms with Crippen LogP contribution in [0.5, 0.6) is 0 Å². The number of likely N-dealkylation sites (tertiary alicyclic amines) is 2. The summed E-state index contributed by atoms with van der Waals surface area (Å²) in [5.74, 6) is 1.24. The number of carboxylic acids is 1. The molecule has 2 saturated heterocycles. The van der Waals surface area contributed by atoms with Gasteiger partial charge >= 0.3 is 11.9 Å². The van der Waals surface area contributed by atoms with Crippen LogP contribution in [0.3, 0.4) is 0 Å². The molecule has 0 radical (unpaired) electrons.